The summed E-state index contributed by atoms with van der Waals surface area (Å²) in [6.45, 7) is 1.85. The Labute approximate surface area is 206 Å². The number of piperidine rings is 1. The second-order valence-corrected chi connectivity index (χ2v) is 8.78. The van der Waals surface area contributed by atoms with Gasteiger partial charge in [0.1, 0.15) is 22.7 Å². The Balaban J connectivity index is 1.82. The molecule has 0 spiro atoms. The van der Waals surface area contributed by atoms with Crippen LogP contribution in [0.25, 0.3) is 0 Å². The maximum absolute atomic E-state index is 11.5. The lowest BCUT2D eigenvalue weighted by Crippen LogP contribution is -2.39. The van der Waals surface area contributed by atoms with Crippen LogP contribution in [0.1, 0.15) is 29.8 Å². The average molecular weight is 474 g/mol. The van der Waals surface area contributed by atoms with Crippen molar-refractivity contribution < 1.29 is 19.4 Å². The summed E-state index contributed by atoms with van der Waals surface area (Å²) in [5.74, 6) is 8.21. The standard InChI is InChI=1S/C28H31N3O4/c1-30-19-16-29-27(30)28(22-7-11-24(34-2)12-8-22,23-9-13-25(35-3)14-10-23)15-5-18-31-17-4-6-21(20-31)26(32)33/h7-14,16,19,21H,4,6,17-18,20H2,1-3H3,(H,32,33). The van der Waals surface area contributed by atoms with Crippen LogP contribution in [0.3, 0.4) is 0 Å². The second-order valence-electron chi connectivity index (χ2n) is 8.78. The van der Waals surface area contributed by atoms with Gasteiger partial charge >= 0.3 is 5.97 Å². The topological polar surface area (TPSA) is 76.8 Å². The first-order valence-corrected chi connectivity index (χ1v) is 11.7. The van der Waals surface area contributed by atoms with Gasteiger partial charge in [-0.1, -0.05) is 36.1 Å². The zero-order valence-electron chi connectivity index (χ0n) is 20.4. The zero-order chi connectivity index (χ0) is 24.8. The summed E-state index contributed by atoms with van der Waals surface area (Å²) in [6, 6.07) is 15.8. The van der Waals surface area contributed by atoms with Crippen molar-refractivity contribution in [1.29, 1.82) is 0 Å². The van der Waals surface area contributed by atoms with E-state index >= 15 is 0 Å². The molecular formula is C28H31N3O4. The van der Waals surface area contributed by atoms with Crippen LogP contribution in [0.15, 0.2) is 60.9 Å². The Morgan fingerprint density at radius 3 is 2.17 bits per heavy atom. The lowest BCUT2D eigenvalue weighted by molar-refractivity contribution is -0.143. The third-order valence-electron chi connectivity index (χ3n) is 6.64. The van der Waals surface area contributed by atoms with Crippen LogP contribution in [-0.2, 0) is 17.3 Å². The SMILES string of the molecule is COc1ccc(C(C#CCN2CCCC(C(=O)O)C2)(c2ccc(OC)cc2)c2nccn2C)cc1. The summed E-state index contributed by atoms with van der Waals surface area (Å²) < 4.78 is 12.8. The van der Waals surface area contributed by atoms with Crippen molar-refractivity contribution in [2.45, 2.75) is 18.3 Å². The van der Waals surface area contributed by atoms with Crippen molar-refractivity contribution in [3.8, 4) is 23.3 Å². The predicted molar refractivity (Wildman–Crippen MR) is 134 cm³/mol. The highest BCUT2D eigenvalue weighted by atomic mass is 16.5. The van der Waals surface area contributed by atoms with Gasteiger partial charge in [0.15, 0.2) is 0 Å². The summed E-state index contributed by atoms with van der Waals surface area (Å²) in [4.78, 5) is 18.4. The fraction of sp³-hybridized carbons (Fsp3) is 0.357. The number of imidazole rings is 1. The number of aryl methyl sites for hydroxylation is 1. The van der Waals surface area contributed by atoms with E-state index in [0.29, 0.717) is 19.5 Å². The maximum Gasteiger partial charge on any atom is 0.307 e. The van der Waals surface area contributed by atoms with Gasteiger partial charge in [-0.2, -0.15) is 0 Å². The summed E-state index contributed by atoms with van der Waals surface area (Å²) in [5.41, 5.74) is 1.08. The molecule has 182 valence electrons. The van der Waals surface area contributed by atoms with E-state index < -0.39 is 11.4 Å². The second kappa shape index (κ2) is 10.7. The first-order chi connectivity index (χ1) is 17.0. The number of hydrogen-bond acceptors (Lipinski definition) is 5. The van der Waals surface area contributed by atoms with Crippen LogP contribution in [-0.4, -0.2) is 59.4 Å². The van der Waals surface area contributed by atoms with Crippen LogP contribution >= 0.6 is 0 Å². The number of aromatic nitrogens is 2. The van der Waals surface area contributed by atoms with E-state index in [1.54, 1.807) is 20.4 Å². The summed E-state index contributed by atoms with van der Waals surface area (Å²) in [6.07, 6.45) is 5.27. The van der Waals surface area contributed by atoms with E-state index in [9.17, 15) is 9.90 Å². The van der Waals surface area contributed by atoms with Crippen molar-refractivity contribution in [2.24, 2.45) is 13.0 Å². The summed E-state index contributed by atoms with van der Waals surface area (Å²) >= 11 is 0. The molecule has 35 heavy (non-hydrogen) atoms. The molecular weight excluding hydrogens is 442 g/mol. The molecule has 4 rings (SSSR count). The van der Waals surface area contributed by atoms with Crippen LogP contribution in [0.4, 0.5) is 0 Å². The molecule has 7 heteroatoms. The minimum absolute atomic E-state index is 0.340. The highest BCUT2D eigenvalue weighted by Crippen LogP contribution is 2.39. The van der Waals surface area contributed by atoms with Crippen molar-refractivity contribution >= 4 is 5.97 Å². The first-order valence-electron chi connectivity index (χ1n) is 11.7. The molecule has 1 N–H and O–H groups in total. The molecule has 1 aromatic heterocycles. The quantitative estimate of drug-likeness (QED) is 0.529. The van der Waals surface area contributed by atoms with Gasteiger partial charge in [-0.05, 0) is 54.8 Å². The third kappa shape index (κ3) is 5.03. The van der Waals surface area contributed by atoms with Crippen molar-refractivity contribution in [3.05, 3.63) is 77.9 Å². The molecule has 1 aliphatic heterocycles. The highest BCUT2D eigenvalue weighted by molar-refractivity contribution is 5.70. The van der Waals surface area contributed by atoms with Gasteiger partial charge < -0.3 is 19.1 Å². The van der Waals surface area contributed by atoms with Gasteiger partial charge in [0, 0.05) is 26.0 Å². The van der Waals surface area contributed by atoms with Crippen LogP contribution in [0, 0.1) is 17.8 Å². The molecule has 1 saturated heterocycles. The lowest BCUT2D eigenvalue weighted by Gasteiger charge is -2.31. The van der Waals surface area contributed by atoms with Gasteiger partial charge in [-0.15, -0.1) is 0 Å². The molecule has 0 saturated carbocycles. The number of likely N-dealkylation sites (tertiary alicyclic amines) is 1. The number of methoxy groups -OCH3 is 2. The monoisotopic (exact) mass is 473 g/mol. The number of carbonyl (C=O) groups is 1. The normalized spacial score (nSPS) is 16.3. The van der Waals surface area contributed by atoms with E-state index in [1.165, 1.54) is 0 Å². The number of carboxylic acids is 1. The zero-order valence-corrected chi connectivity index (χ0v) is 20.4. The molecule has 7 nitrogen and oxygen atoms in total. The lowest BCUT2D eigenvalue weighted by atomic mass is 9.74. The molecule has 2 heterocycles. The minimum Gasteiger partial charge on any atom is -0.497 e. The smallest absolute Gasteiger partial charge is 0.307 e. The van der Waals surface area contributed by atoms with E-state index in [2.05, 4.69) is 16.7 Å². The molecule has 2 aromatic carbocycles. The van der Waals surface area contributed by atoms with Gasteiger partial charge in [-0.25, -0.2) is 4.98 Å². The number of hydrogen-bond donors (Lipinski definition) is 1. The molecule has 1 atom stereocenters. The molecule has 1 fully saturated rings. The molecule has 0 amide bonds. The summed E-state index contributed by atoms with van der Waals surface area (Å²) in [7, 11) is 5.26. The molecule has 0 radical (unpaired) electrons. The van der Waals surface area contributed by atoms with Crippen LogP contribution in [0.2, 0.25) is 0 Å². The Hall–Kier alpha value is -3.76. The van der Waals surface area contributed by atoms with Gasteiger partial charge in [0.2, 0.25) is 0 Å². The van der Waals surface area contributed by atoms with Crippen molar-refractivity contribution in [1.82, 2.24) is 14.5 Å². The fourth-order valence-corrected chi connectivity index (χ4v) is 4.72. The maximum atomic E-state index is 11.5. The predicted octanol–water partition coefficient (Wildman–Crippen LogP) is 3.57. The van der Waals surface area contributed by atoms with E-state index in [1.807, 2.05) is 66.3 Å². The van der Waals surface area contributed by atoms with Crippen LogP contribution in [0.5, 0.6) is 11.5 Å². The number of benzene rings is 2. The van der Waals surface area contributed by atoms with Gasteiger partial charge in [0.25, 0.3) is 0 Å². The van der Waals surface area contributed by atoms with Gasteiger partial charge in [-0.3, -0.25) is 9.69 Å². The molecule has 1 aliphatic rings. The molecule has 0 bridgehead atoms. The van der Waals surface area contributed by atoms with Crippen molar-refractivity contribution in [2.75, 3.05) is 33.9 Å². The number of carboxylic acid groups (broad SMARTS) is 1. The number of ether oxygens (including phenoxy) is 2. The average Bonchev–Trinajstić information content (AvgIpc) is 3.33. The number of nitrogens with zero attached hydrogens (tertiary/aromatic N) is 3. The number of aliphatic carboxylic acids is 1. The van der Waals surface area contributed by atoms with Crippen molar-refractivity contribution in [3.63, 3.8) is 0 Å². The van der Waals surface area contributed by atoms with Crippen LogP contribution < -0.4 is 9.47 Å². The molecule has 1 unspecified atom stereocenters. The fourth-order valence-electron chi connectivity index (χ4n) is 4.72. The Kier molecular flexibility index (Phi) is 7.42. The van der Waals surface area contributed by atoms with E-state index in [0.717, 1.165) is 41.4 Å². The molecule has 3 aromatic rings. The largest absolute Gasteiger partial charge is 0.497 e. The summed E-state index contributed by atoms with van der Waals surface area (Å²) in [5, 5.41) is 9.45. The third-order valence-corrected chi connectivity index (χ3v) is 6.64. The Morgan fingerprint density at radius 1 is 1.09 bits per heavy atom. The Morgan fingerprint density at radius 2 is 1.69 bits per heavy atom. The highest BCUT2D eigenvalue weighted by Gasteiger charge is 2.38. The minimum atomic E-state index is -0.848. The first kappa shape index (κ1) is 24.4. The Bertz CT molecular complexity index is 1160. The molecule has 0 aliphatic carbocycles. The van der Waals surface area contributed by atoms with E-state index in [-0.39, 0.29) is 5.92 Å². The van der Waals surface area contributed by atoms with E-state index in [4.69, 9.17) is 14.5 Å². The van der Waals surface area contributed by atoms with Gasteiger partial charge in [0.05, 0.1) is 26.7 Å². The number of rotatable bonds is 7.